The highest BCUT2D eigenvalue weighted by atomic mass is 19.4. The average Bonchev–Trinajstić information content (AvgIpc) is 2.46. The van der Waals surface area contributed by atoms with Gasteiger partial charge in [-0.25, -0.2) is 10.8 Å². The monoisotopic (exact) mass is 297 g/mol. The molecule has 2 rings (SSSR count). The van der Waals surface area contributed by atoms with E-state index in [1.54, 1.807) is 31.3 Å². The van der Waals surface area contributed by atoms with Crippen molar-refractivity contribution >= 4 is 11.6 Å². The van der Waals surface area contributed by atoms with Crippen molar-refractivity contribution in [1.82, 2.24) is 9.97 Å². The predicted octanol–water partition coefficient (Wildman–Crippen LogP) is 2.95. The largest absolute Gasteiger partial charge is 0.416 e. The topological polar surface area (TPSA) is 75.9 Å². The van der Waals surface area contributed by atoms with Crippen molar-refractivity contribution in [1.29, 1.82) is 0 Å². The van der Waals surface area contributed by atoms with E-state index in [0.717, 1.165) is 12.1 Å². The highest BCUT2D eigenvalue weighted by Gasteiger charge is 2.31. The molecule has 0 spiro atoms. The van der Waals surface area contributed by atoms with Crippen LogP contribution in [0.25, 0.3) is 0 Å². The molecule has 0 aliphatic heterocycles. The molecule has 0 amide bonds. The molecule has 0 aliphatic carbocycles. The first-order chi connectivity index (χ1) is 9.90. The van der Waals surface area contributed by atoms with Crippen LogP contribution in [0.3, 0.4) is 0 Å². The number of hydrogen-bond donors (Lipinski definition) is 3. The van der Waals surface area contributed by atoms with Crippen LogP contribution in [0.4, 0.5) is 24.8 Å². The predicted molar refractivity (Wildman–Crippen MR) is 73.3 cm³/mol. The maximum absolute atomic E-state index is 12.8. The molecule has 112 valence electrons. The number of pyridine rings is 2. The quantitative estimate of drug-likeness (QED) is 0.597. The van der Waals surface area contributed by atoms with E-state index in [-0.39, 0.29) is 17.7 Å². The number of rotatable bonds is 4. The van der Waals surface area contributed by atoms with E-state index in [2.05, 4.69) is 20.7 Å². The number of halogens is 3. The Bertz CT molecular complexity index is 601. The van der Waals surface area contributed by atoms with Crippen molar-refractivity contribution in [3.63, 3.8) is 0 Å². The Kier molecular flexibility index (Phi) is 4.27. The number of nitrogens with one attached hydrogen (secondary N) is 2. The summed E-state index contributed by atoms with van der Waals surface area (Å²) >= 11 is 0. The van der Waals surface area contributed by atoms with E-state index in [0.29, 0.717) is 5.69 Å². The number of aromatic nitrogens is 2. The Balaban J connectivity index is 2.27. The van der Waals surface area contributed by atoms with Crippen molar-refractivity contribution < 1.29 is 13.2 Å². The molecule has 0 aliphatic rings. The molecule has 2 aromatic rings. The van der Waals surface area contributed by atoms with Crippen molar-refractivity contribution in [2.75, 3.05) is 10.7 Å². The smallest absolute Gasteiger partial charge is 0.362 e. The second-order valence-electron chi connectivity index (χ2n) is 4.39. The van der Waals surface area contributed by atoms with Crippen LogP contribution in [0.1, 0.15) is 24.2 Å². The highest BCUT2D eigenvalue weighted by Crippen LogP contribution is 2.32. The Labute approximate surface area is 119 Å². The first-order valence-electron chi connectivity index (χ1n) is 6.13. The second kappa shape index (κ2) is 5.96. The maximum atomic E-state index is 12.8. The number of anilines is 2. The van der Waals surface area contributed by atoms with Crippen LogP contribution in [-0.2, 0) is 6.18 Å². The minimum atomic E-state index is -4.47. The number of nitrogens with zero attached hydrogens (tertiary/aromatic N) is 2. The van der Waals surface area contributed by atoms with Crippen LogP contribution in [0.5, 0.6) is 0 Å². The van der Waals surface area contributed by atoms with E-state index in [9.17, 15) is 13.2 Å². The third kappa shape index (κ3) is 3.82. The molecule has 2 aromatic heterocycles. The fourth-order valence-electron chi connectivity index (χ4n) is 1.77. The summed E-state index contributed by atoms with van der Waals surface area (Å²) in [4.78, 5) is 8.09. The van der Waals surface area contributed by atoms with Crippen molar-refractivity contribution in [3.8, 4) is 0 Å². The van der Waals surface area contributed by atoms with E-state index in [1.165, 1.54) is 0 Å². The van der Waals surface area contributed by atoms with Crippen molar-refractivity contribution in [2.24, 2.45) is 5.84 Å². The third-order valence-corrected chi connectivity index (χ3v) is 2.80. The molecule has 8 heteroatoms. The van der Waals surface area contributed by atoms with Gasteiger partial charge in [-0.3, -0.25) is 4.98 Å². The van der Waals surface area contributed by atoms with Crippen LogP contribution in [0.2, 0.25) is 0 Å². The summed E-state index contributed by atoms with van der Waals surface area (Å²) in [5, 5.41) is 2.88. The van der Waals surface area contributed by atoms with Gasteiger partial charge in [0.2, 0.25) is 0 Å². The molecule has 1 atom stereocenters. The Morgan fingerprint density at radius 2 is 1.90 bits per heavy atom. The average molecular weight is 297 g/mol. The van der Waals surface area contributed by atoms with Gasteiger partial charge in [-0.05, 0) is 31.2 Å². The lowest BCUT2D eigenvalue weighted by Gasteiger charge is -2.16. The molecule has 21 heavy (non-hydrogen) atoms. The van der Waals surface area contributed by atoms with Crippen LogP contribution in [0, 0.1) is 0 Å². The zero-order valence-corrected chi connectivity index (χ0v) is 11.1. The zero-order chi connectivity index (χ0) is 15.5. The van der Waals surface area contributed by atoms with Gasteiger partial charge in [0.05, 0.1) is 17.3 Å². The van der Waals surface area contributed by atoms with Crippen molar-refractivity contribution in [2.45, 2.75) is 19.1 Å². The third-order valence-electron chi connectivity index (χ3n) is 2.80. The lowest BCUT2D eigenvalue weighted by molar-refractivity contribution is -0.137. The number of hydrogen-bond acceptors (Lipinski definition) is 5. The van der Waals surface area contributed by atoms with Crippen molar-refractivity contribution in [3.05, 3.63) is 47.8 Å². The second-order valence-corrected chi connectivity index (χ2v) is 4.39. The standard InChI is InChI=1S/C13H14F3N5/c1-8(10-4-2-3-5-18-10)19-11-6-9(13(14,15)16)7-12(20-11)21-17/h2-8H,17H2,1H3,(H2,19,20,21). The molecule has 4 N–H and O–H groups in total. The molecule has 0 aromatic carbocycles. The molecule has 2 heterocycles. The van der Waals surface area contributed by atoms with E-state index < -0.39 is 11.7 Å². The van der Waals surface area contributed by atoms with Gasteiger partial charge in [-0.2, -0.15) is 13.2 Å². The summed E-state index contributed by atoms with van der Waals surface area (Å²) in [6.45, 7) is 1.78. The summed E-state index contributed by atoms with van der Waals surface area (Å²) in [6.07, 6.45) is -2.86. The van der Waals surface area contributed by atoms with Gasteiger partial charge in [-0.15, -0.1) is 0 Å². The normalized spacial score (nSPS) is 12.8. The Hall–Kier alpha value is -2.35. The molecule has 0 radical (unpaired) electrons. The first kappa shape index (κ1) is 15.0. The molecular formula is C13H14F3N5. The van der Waals surface area contributed by atoms with Gasteiger partial charge in [0.15, 0.2) is 0 Å². The lowest BCUT2D eigenvalue weighted by atomic mass is 10.2. The zero-order valence-electron chi connectivity index (χ0n) is 11.1. The molecule has 5 nitrogen and oxygen atoms in total. The van der Waals surface area contributed by atoms with Crippen LogP contribution >= 0.6 is 0 Å². The fourth-order valence-corrected chi connectivity index (χ4v) is 1.77. The maximum Gasteiger partial charge on any atom is 0.416 e. The Morgan fingerprint density at radius 3 is 2.48 bits per heavy atom. The molecular weight excluding hydrogens is 283 g/mol. The lowest BCUT2D eigenvalue weighted by Crippen LogP contribution is -2.15. The van der Waals surface area contributed by atoms with Crippen LogP contribution in [-0.4, -0.2) is 9.97 Å². The Morgan fingerprint density at radius 1 is 1.19 bits per heavy atom. The molecule has 0 saturated carbocycles. The molecule has 1 unspecified atom stereocenters. The number of nitrogens with two attached hydrogens (primary N) is 1. The molecule has 0 bridgehead atoms. The highest BCUT2D eigenvalue weighted by molar-refractivity contribution is 5.50. The summed E-state index contributed by atoms with van der Waals surface area (Å²) in [7, 11) is 0. The summed E-state index contributed by atoms with van der Waals surface area (Å²) in [5.41, 5.74) is 1.99. The summed E-state index contributed by atoms with van der Waals surface area (Å²) in [5.74, 6) is 5.15. The van der Waals surface area contributed by atoms with Gasteiger partial charge in [-0.1, -0.05) is 6.07 Å². The minimum absolute atomic E-state index is 0.0657. The van der Waals surface area contributed by atoms with E-state index in [1.807, 2.05) is 0 Å². The van der Waals surface area contributed by atoms with Gasteiger partial charge in [0.25, 0.3) is 0 Å². The first-order valence-corrected chi connectivity index (χ1v) is 6.13. The summed E-state index contributed by atoms with van der Waals surface area (Å²) < 4.78 is 38.4. The molecule has 0 fully saturated rings. The number of alkyl halides is 3. The minimum Gasteiger partial charge on any atom is -0.362 e. The van der Waals surface area contributed by atoms with E-state index >= 15 is 0 Å². The number of hydrazine groups is 1. The van der Waals surface area contributed by atoms with Gasteiger partial charge in [0.1, 0.15) is 11.6 Å². The number of nitrogen functional groups attached to an aromatic ring is 1. The van der Waals surface area contributed by atoms with Crippen LogP contribution in [0.15, 0.2) is 36.5 Å². The summed E-state index contributed by atoms with van der Waals surface area (Å²) in [6, 6.07) is 6.81. The SMILES string of the molecule is CC(Nc1cc(C(F)(F)F)cc(NN)n1)c1ccccn1. The van der Waals surface area contributed by atoms with Gasteiger partial charge >= 0.3 is 6.18 Å². The van der Waals surface area contributed by atoms with Crippen LogP contribution < -0.4 is 16.6 Å². The molecule has 0 saturated heterocycles. The fraction of sp³-hybridized carbons (Fsp3) is 0.231. The van der Waals surface area contributed by atoms with Gasteiger partial charge in [0, 0.05) is 6.20 Å². The van der Waals surface area contributed by atoms with Gasteiger partial charge < -0.3 is 10.7 Å². The van der Waals surface area contributed by atoms with E-state index in [4.69, 9.17) is 5.84 Å².